The van der Waals surface area contributed by atoms with Gasteiger partial charge in [-0.25, -0.2) is 18.9 Å². The molecule has 4 unspecified atom stereocenters. The number of methoxy groups -OCH3 is 2. The van der Waals surface area contributed by atoms with Crippen molar-refractivity contribution in [1.82, 2.24) is 0 Å². The Labute approximate surface area is 281 Å². The zero-order valence-electron chi connectivity index (χ0n) is 26.9. The highest BCUT2D eigenvalue weighted by molar-refractivity contribution is 8.01. The van der Waals surface area contributed by atoms with Gasteiger partial charge in [-0.2, -0.15) is 26.3 Å². The summed E-state index contributed by atoms with van der Waals surface area (Å²) in [5, 5.41) is -12.1. The van der Waals surface area contributed by atoms with Crippen LogP contribution in [-0.2, 0) is 56.8 Å². The summed E-state index contributed by atoms with van der Waals surface area (Å²) in [4.78, 5) is 0. The standard InChI is InChI=1S/C22H30F16O12S/c1-9-41-15(13(23,24)25,43-11(3)4)45-21(47-17(29,30)31,49-19(35,36)39-7)51-22(48-18(32,33)34,50-20(37,38)40-8)46-16(42-10-2,14(26,27)28)44-12(5)6/h11-12H,9-10H2,1-8H3. The van der Waals surface area contributed by atoms with Crippen LogP contribution in [0, 0.1) is 0 Å². The van der Waals surface area contributed by atoms with Gasteiger partial charge in [0.2, 0.25) is 0 Å². The van der Waals surface area contributed by atoms with E-state index in [9.17, 15) is 70.2 Å². The third-order valence-corrected chi connectivity index (χ3v) is 5.36. The van der Waals surface area contributed by atoms with Crippen LogP contribution in [0.3, 0.4) is 0 Å². The van der Waals surface area contributed by atoms with E-state index in [-0.39, 0.29) is 14.2 Å². The van der Waals surface area contributed by atoms with E-state index in [1.54, 1.807) is 0 Å². The SMILES string of the molecule is CCOC(OC(C)C)(OC(OC(F)(F)F)(OC(F)(F)OC)SC(OC(F)(F)F)(OC(F)(F)OC)OC(OCC)(OC(C)C)C(F)(F)F)C(F)(F)F. The van der Waals surface area contributed by atoms with Gasteiger partial charge >= 0.3 is 60.2 Å². The second-order valence-corrected chi connectivity index (χ2v) is 10.5. The summed E-state index contributed by atoms with van der Waals surface area (Å²) in [7, 11) is -0.363. The molecule has 0 saturated carbocycles. The fourth-order valence-corrected chi connectivity index (χ4v) is 4.14. The predicted molar refractivity (Wildman–Crippen MR) is 129 cm³/mol. The predicted octanol–water partition coefficient (Wildman–Crippen LogP) is 7.83. The molecular formula is C22H30F16O12S. The summed E-state index contributed by atoms with van der Waals surface area (Å²) < 4.78 is 273. The minimum atomic E-state index is -6.83. The lowest BCUT2D eigenvalue weighted by Crippen LogP contribution is -2.65. The van der Waals surface area contributed by atoms with Crippen LogP contribution in [0.1, 0.15) is 41.5 Å². The first-order chi connectivity index (χ1) is 22.5. The zero-order chi connectivity index (χ0) is 40.8. The van der Waals surface area contributed by atoms with Crippen molar-refractivity contribution in [3.63, 3.8) is 0 Å². The van der Waals surface area contributed by atoms with Crippen molar-refractivity contribution < 1.29 is 127 Å². The first-order valence-electron chi connectivity index (χ1n) is 13.2. The summed E-state index contributed by atoms with van der Waals surface area (Å²) in [5.74, 6) is -10.6. The van der Waals surface area contributed by atoms with Crippen molar-refractivity contribution in [2.24, 2.45) is 0 Å². The third kappa shape index (κ3) is 15.6. The van der Waals surface area contributed by atoms with Crippen LogP contribution in [0.25, 0.3) is 0 Å². The topological polar surface area (TPSA) is 111 Å². The van der Waals surface area contributed by atoms with E-state index in [0.717, 1.165) is 0 Å². The van der Waals surface area contributed by atoms with E-state index >= 15 is 0 Å². The number of hydrogen-bond acceptors (Lipinski definition) is 13. The third-order valence-electron chi connectivity index (χ3n) is 4.36. The van der Waals surface area contributed by atoms with Crippen LogP contribution < -0.4 is 0 Å². The van der Waals surface area contributed by atoms with E-state index in [2.05, 4.69) is 56.8 Å². The quantitative estimate of drug-likeness (QED) is 0.0783. The van der Waals surface area contributed by atoms with Gasteiger partial charge in [-0.05, 0) is 41.5 Å². The molecule has 0 aromatic rings. The van der Waals surface area contributed by atoms with Crippen molar-refractivity contribution in [1.29, 1.82) is 0 Å². The maximum Gasteiger partial charge on any atom is 0.527 e. The van der Waals surface area contributed by atoms with Gasteiger partial charge in [-0.3, -0.25) is 18.9 Å². The first-order valence-corrected chi connectivity index (χ1v) is 14.0. The van der Waals surface area contributed by atoms with Crippen LogP contribution >= 0.6 is 11.8 Å². The number of rotatable bonds is 22. The molecule has 0 aromatic heterocycles. The molecule has 308 valence electrons. The van der Waals surface area contributed by atoms with Gasteiger partial charge in [-0.15, -0.1) is 43.9 Å². The second-order valence-electron chi connectivity index (χ2n) is 9.25. The molecule has 51 heavy (non-hydrogen) atoms. The Hall–Kier alpha value is -1.25. The maximum absolute atomic E-state index is 14.6. The summed E-state index contributed by atoms with van der Waals surface area (Å²) >= 11 is -2.60. The highest BCUT2D eigenvalue weighted by atomic mass is 32.2. The molecule has 0 radical (unpaired) electrons. The van der Waals surface area contributed by atoms with E-state index in [4.69, 9.17) is 0 Å². The second kappa shape index (κ2) is 17.5. The molecule has 0 N–H and O–H groups in total. The molecule has 0 aliphatic rings. The molecule has 0 aliphatic heterocycles. The Balaban J connectivity index is 8.78. The average molecular weight is 823 g/mol. The Kier molecular flexibility index (Phi) is 17.0. The van der Waals surface area contributed by atoms with Crippen molar-refractivity contribution >= 4 is 11.8 Å². The lowest BCUT2D eigenvalue weighted by Gasteiger charge is -2.47. The highest BCUT2D eigenvalue weighted by Gasteiger charge is 2.74. The number of ether oxygens (including phenoxy) is 12. The number of hydrogen-bond donors (Lipinski definition) is 0. The molecule has 0 aliphatic carbocycles. The smallest absolute Gasteiger partial charge is 0.320 e. The van der Waals surface area contributed by atoms with Crippen LogP contribution in [0.15, 0.2) is 0 Å². The van der Waals surface area contributed by atoms with Gasteiger partial charge in [0.25, 0.3) is 0 Å². The summed E-state index contributed by atoms with van der Waals surface area (Å²) in [6.45, 7) is 1.00. The molecular weight excluding hydrogens is 792 g/mol. The van der Waals surface area contributed by atoms with Gasteiger partial charge in [0.1, 0.15) is 0 Å². The van der Waals surface area contributed by atoms with Crippen molar-refractivity contribution in [2.45, 2.75) is 114 Å². The fraction of sp³-hybridized carbons (Fsp3) is 1.00. The molecule has 0 fully saturated rings. The van der Waals surface area contributed by atoms with Gasteiger partial charge in [0, 0.05) is 39.2 Å². The van der Waals surface area contributed by atoms with Crippen LogP contribution in [0.5, 0.6) is 0 Å². The van der Waals surface area contributed by atoms with Crippen molar-refractivity contribution in [3.8, 4) is 0 Å². The summed E-state index contributed by atoms with van der Waals surface area (Å²) in [6.07, 6.45) is -42.4. The van der Waals surface area contributed by atoms with E-state index in [0.29, 0.717) is 41.5 Å². The highest BCUT2D eigenvalue weighted by Crippen LogP contribution is 2.57. The van der Waals surface area contributed by atoms with Crippen LogP contribution in [0.4, 0.5) is 70.2 Å². The first kappa shape index (κ1) is 49.8. The molecule has 0 spiro atoms. The average Bonchev–Trinajstić information content (AvgIpc) is 2.83. The number of alkyl halides is 16. The van der Waals surface area contributed by atoms with Crippen LogP contribution in [0.2, 0.25) is 0 Å². The zero-order valence-corrected chi connectivity index (χ0v) is 27.7. The molecule has 0 rings (SSSR count). The van der Waals surface area contributed by atoms with E-state index < -0.39 is 97.4 Å². The van der Waals surface area contributed by atoms with Gasteiger partial charge in [-0.1, -0.05) is 0 Å². The minimum Gasteiger partial charge on any atom is -0.320 e. The molecule has 0 aromatic carbocycles. The molecule has 4 atom stereocenters. The normalized spacial score (nSPS) is 19.2. The largest absolute Gasteiger partial charge is 0.527 e. The Morgan fingerprint density at radius 2 is 0.725 bits per heavy atom. The molecule has 29 heteroatoms. The Morgan fingerprint density at radius 3 is 0.902 bits per heavy atom. The molecule has 0 bridgehead atoms. The van der Waals surface area contributed by atoms with Crippen molar-refractivity contribution in [3.05, 3.63) is 0 Å². The lowest BCUT2D eigenvalue weighted by atomic mass is 10.4. The van der Waals surface area contributed by atoms with Crippen molar-refractivity contribution in [2.75, 3.05) is 27.4 Å². The number of halogens is 16. The van der Waals surface area contributed by atoms with Crippen LogP contribution in [-0.4, -0.2) is 99.9 Å². The monoisotopic (exact) mass is 822 g/mol. The Morgan fingerprint density at radius 1 is 0.451 bits per heavy atom. The summed E-state index contributed by atoms with van der Waals surface area (Å²) in [6, 6.07) is 0. The molecule has 12 nitrogen and oxygen atoms in total. The summed E-state index contributed by atoms with van der Waals surface area (Å²) in [5.41, 5.74) is 0. The van der Waals surface area contributed by atoms with E-state index in [1.807, 2.05) is 0 Å². The molecule has 0 saturated heterocycles. The minimum absolute atomic E-state index is 0.182. The lowest BCUT2D eigenvalue weighted by molar-refractivity contribution is -0.603. The van der Waals surface area contributed by atoms with Gasteiger partial charge < -0.3 is 18.9 Å². The molecule has 0 heterocycles. The molecule has 0 amide bonds. The van der Waals surface area contributed by atoms with E-state index in [1.165, 1.54) is 0 Å². The fourth-order valence-electron chi connectivity index (χ4n) is 2.98. The van der Waals surface area contributed by atoms with Gasteiger partial charge in [0.15, 0.2) is 0 Å². The Bertz CT molecular complexity index is 981. The number of thioether (sulfide) groups is 1. The maximum atomic E-state index is 14.6. The van der Waals surface area contributed by atoms with Gasteiger partial charge in [0.05, 0.1) is 12.2 Å².